The van der Waals surface area contributed by atoms with Crippen LogP contribution in [0, 0.1) is 17.7 Å². The van der Waals surface area contributed by atoms with Gasteiger partial charge in [-0.15, -0.1) is 0 Å². The summed E-state index contributed by atoms with van der Waals surface area (Å²) in [5.41, 5.74) is 0. The van der Waals surface area contributed by atoms with Crippen molar-refractivity contribution in [2.24, 2.45) is 17.7 Å². The van der Waals surface area contributed by atoms with Crippen molar-refractivity contribution in [3.05, 3.63) is 0 Å². The van der Waals surface area contributed by atoms with Crippen molar-refractivity contribution < 1.29 is 15.1 Å². The van der Waals surface area contributed by atoms with Gasteiger partial charge in [0.1, 0.15) is 0 Å². The van der Waals surface area contributed by atoms with Gasteiger partial charge in [0.05, 0.1) is 6.04 Å². The average Bonchev–Trinajstić information content (AvgIpc) is 2.24. The number of nitrogens with one attached hydrogen (secondary N) is 1. The van der Waals surface area contributed by atoms with Gasteiger partial charge in [0.25, 0.3) is 0 Å². The van der Waals surface area contributed by atoms with Gasteiger partial charge in [-0.05, 0) is 12.3 Å². The molecule has 0 fully saturated rings. The van der Waals surface area contributed by atoms with Crippen molar-refractivity contribution in [3.63, 3.8) is 0 Å². The second-order valence-electron chi connectivity index (χ2n) is 4.76. The Balaban J connectivity index is 5.15. The summed E-state index contributed by atoms with van der Waals surface area (Å²) in [5.74, 6) is -2.99. The molecule has 0 spiro atoms. The zero-order valence-electron chi connectivity index (χ0n) is 14.8. The number of amides is 1. The molecule has 0 saturated heterocycles. The number of carbonyl (C=O) groups is 2. The van der Waals surface area contributed by atoms with Crippen LogP contribution in [0.25, 0.3) is 0 Å². The van der Waals surface area contributed by atoms with Crippen LogP contribution in [-0.2, 0) is 9.59 Å². The second-order valence-corrected chi connectivity index (χ2v) is 4.76. The normalized spacial score (nSPS) is 21.4. The van der Waals surface area contributed by atoms with Crippen molar-refractivity contribution in [1.29, 1.82) is 0 Å². The molecule has 0 heterocycles. The van der Waals surface area contributed by atoms with E-state index in [4.69, 9.17) is 5.48 Å². The van der Waals surface area contributed by atoms with E-state index in [2.05, 4.69) is 5.32 Å². The quantitative estimate of drug-likeness (QED) is 0.715. The highest BCUT2D eigenvalue weighted by atomic mass is 16.2. The molecule has 3 heteroatoms. The van der Waals surface area contributed by atoms with Gasteiger partial charge >= 0.3 is 0 Å². The van der Waals surface area contributed by atoms with E-state index >= 15 is 0 Å². The number of hydrogen-bond donors (Lipinski definition) is 1. The van der Waals surface area contributed by atoms with E-state index in [-0.39, 0.29) is 29.9 Å². The third-order valence-electron chi connectivity index (χ3n) is 2.26. The molecule has 94 valence electrons. The number of Topliss-reactive ketones (excluding diaryl/α,β-unsaturated/α-hetero) is 1. The summed E-state index contributed by atoms with van der Waals surface area (Å²) < 4.78 is 30.0. The molecule has 2 atom stereocenters. The zero-order chi connectivity index (χ0) is 16.3. The van der Waals surface area contributed by atoms with Gasteiger partial charge in [0.2, 0.25) is 5.91 Å². The summed E-state index contributed by atoms with van der Waals surface area (Å²) in [6.45, 7) is 5.51. The van der Waals surface area contributed by atoms with Crippen molar-refractivity contribution >= 4 is 11.7 Å². The number of ketones is 1. The SMILES string of the molecule is [2H]C([2H])([2H])C([2H])(C)CC(N[13C](=O)C(C)C)C(=O)C(C)C. The van der Waals surface area contributed by atoms with Crippen molar-refractivity contribution in [1.82, 2.24) is 5.32 Å². The Morgan fingerprint density at radius 1 is 1.19 bits per heavy atom. The molecule has 1 amide bonds. The molecule has 0 aliphatic rings. The van der Waals surface area contributed by atoms with Crippen LogP contribution in [0.3, 0.4) is 0 Å². The fraction of sp³-hybridized carbons (Fsp3) is 0.846. The Kier molecular flexibility index (Phi) is 3.83. The Morgan fingerprint density at radius 2 is 1.75 bits per heavy atom. The van der Waals surface area contributed by atoms with E-state index in [1.165, 1.54) is 6.92 Å². The smallest absolute Gasteiger partial charge is 0.223 e. The largest absolute Gasteiger partial charge is 0.346 e. The molecular weight excluding hydrogens is 203 g/mol. The van der Waals surface area contributed by atoms with E-state index in [0.717, 1.165) is 0 Å². The maximum atomic E-state index is 12.1. The van der Waals surface area contributed by atoms with Crippen LogP contribution < -0.4 is 5.32 Å². The van der Waals surface area contributed by atoms with E-state index < -0.39 is 18.8 Å². The van der Waals surface area contributed by atoms with Gasteiger partial charge in [-0.3, -0.25) is 9.59 Å². The summed E-state index contributed by atoms with van der Waals surface area (Å²) in [4.78, 5) is 23.9. The Bertz CT molecular complexity index is 362. The first-order valence-corrected chi connectivity index (χ1v) is 5.63. The Morgan fingerprint density at radius 3 is 2.12 bits per heavy atom. The molecule has 0 saturated carbocycles. The predicted octanol–water partition coefficient (Wildman–Crippen LogP) is 2.40. The van der Waals surface area contributed by atoms with Gasteiger partial charge < -0.3 is 5.32 Å². The van der Waals surface area contributed by atoms with Crippen LogP contribution in [0.1, 0.15) is 53.4 Å². The molecule has 0 aromatic heterocycles. The fourth-order valence-corrected chi connectivity index (χ4v) is 1.27. The summed E-state index contributed by atoms with van der Waals surface area (Å²) in [5, 5.41) is 2.57. The Hall–Kier alpha value is -0.860. The molecule has 0 bridgehead atoms. The summed E-state index contributed by atoms with van der Waals surface area (Å²) in [6, 6.07) is -0.937. The molecule has 0 aliphatic carbocycles. The monoisotopic (exact) mass is 232 g/mol. The van der Waals surface area contributed by atoms with Crippen LogP contribution in [0.5, 0.6) is 0 Å². The maximum Gasteiger partial charge on any atom is 0.223 e. The number of carbonyl (C=O) groups excluding carboxylic acids is 2. The molecule has 0 aliphatic heterocycles. The second kappa shape index (κ2) is 6.66. The molecule has 3 nitrogen and oxygen atoms in total. The average molecular weight is 232 g/mol. The first kappa shape index (κ1) is 9.20. The molecule has 0 aromatic rings. The lowest BCUT2D eigenvalue weighted by Gasteiger charge is -2.22. The lowest BCUT2D eigenvalue weighted by atomic mass is 9.94. The lowest BCUT2D eigenvalue weighted by molar-refractivity contribution is -0.131. The summed E-state index contributed by atoms with van der Waals surface area (Å²) >= 11 is 0. The van der Waals surface area contributed by atoms with Crippen LogP contribution in [0.15, 0.2) is 0 Å². The fourth-order valence-electron chi connectivity index (χ4n) is 1.27. The van der Waals surface area contributed by atoms with Crippen molar-refractivity contribution in [2.75, 3.05) is 0 Å². The van der Waals surface area contributed by atoms with Crippen LogP contribution in [0.2, 0.25) is 0 Å². The van der Waals surface area contributed by atoms with Gasteiger partial charge in [0, 0.05) is 17.3 Å². The Labute approximate surface area is 105 Å². The summed E-state index contributed by atoms with van der Waals surface area (Å²) in [7, 11) is 0. The first-order valence-electron chi connectivity index (χ1n) is 7.63. The van der Waals surface area contributed by atoms with Gasteiger partial charge in [-0.1, -0.05) is 41.5 Å². The first-order chi connectivity index (χ1) is 8.79. The third-order valence-corrected chi connectivity index (χ3v) is 2.26. The minimum absolute atomic E-state index is 0.223. The standard InChI is InChI=1S/C13H25NO2/c1-8(2)7-11(12(15)9(3)4)14-13(16)10(5)6/h8-11H,7H2,1-6H3,(H,14,16)/i1D3,8D,13+1. The van der Waals surface area contributed by atoms with E-state index in [0.29, 0.717) is 0 Å². The minimum Gasteiger partial charge on any atom is -0.346 e. The minimum atomic E-state index is -2.51. The predicted molar refractivity (Wildman–Crippen MR) is 66.1 cm³/mol. The highest BCUT2D eigenvalue weighted by molar-refractivity contribution is 5.90. The third kappa shape index (κ3) is 5.29. The van der Waals surface area contributed by atoms with Crippen LogP contribution >= 0.6 is 0 Å². The van der Waals surface area contributed by atoms with E-state index in [9.17, 15) is 9.59 Å². The van der Waals surface area contributed by atoms with Crippen molar-refractivity contribution in [2.45, 2.75) is 53.9 Å². The van der Waals surface area contributed by atoms with Crippen LogP contribution in [-0.4, -0.2) is 17.7 Å². The van der Waals surface area contributed by atoms with E-state index in [1.54, 1.807) is 27.7 Å². The van der Waals surface area contributed by atoms with Crippen molar-refractivity contribution in [3.8, 4) is 0 Å². The van der Waals surface area contributed by atoms with Crippen LogP contribution in [0.4, 0.5) is 0 Å². The van der Waals surface area contributed by atoms with E-state index in [1.807, 2.05) is 0 Å². The molecular formula is C13H25NO2. The lowest BCUT2D eigenvalue weighted by Crippen LogP contribution is -2.45. The summed E-state index contributed by atoms with van der Waals surface area (Å²) in [6.07, 6.45) is -0.223. The maximum absolute atomic E-state index is 12.1. The van der Waals surface area contributed by atoms with Gasteiger partial charge in [-0.2, -0.15) is 0 Å². The highest BCUT2D eigenvalue weighted by Gasteiger charge is 2.24. The molecule has 1 N–H and O–H groups in total. The number of hydrogen-bond acceptors (Lipinski definition) is 2. The molecule has 2 unspecified atom stereocenters. The highest BCUT2D eigenvalue weighted by Crippen LogP contribution is 2.11. The van der Waals surface area contributed by atoms with Gasteiger partial charge in [0.15, 0.2) is 5.78 Å². The molecule has 0 aromatic carbocycles. The van der Waals surface area contributed by atoms with Gasteiger partial charge in [-0.25, -0.2) is 0 Å². The molecule has 0 rings (SSSR count). The molecule has 16 heavy (non-hydrogen) atoms. The zero-order valence-corrected chi connectivity index (χ0v) is 10.8. The molecule has 0 radical (unpaired) electrons. The number of rotatable bonds is 6. The topological polar surface area (TPSA) is 46.2 Å².